The predicted molar refractivity (Wildman–Crippen MR) is 146 cm³/mol. The number of rotatable bonds is 9. The van der Waals surface area contributed by atoms with Gasteiger partial charge in [-0.1, -0.05) is 41.4 Å². The molecule has 1 N–H and O–H groups in total. The average molecular weight is 496 g/mol. The van der Waals surface area contributed by atoms with Gasteiger partial charge in [-0.2, -0.15) is 0 Å². The lowest BCUT2D eigenvalue weighted by molar-refractivity contribution is 0.100. The van der Waals surface area contributed by atoms with Crippen LogP contribution in [0.15, 0.2) is 65.8 Å². The first-order valence-corrected chi connectivity index (χ1v) is 12.0. The third-order valence-electron chi connectivity index (χ3n) is 6.37. The highest BCUT2D eigenvalue weighted by atomic mass is 16.6. The number of ether oxygens (including phenoxy) is 3. The molecule has 0 bridgehead atoms. The molecule has 0 fully saturated rings. The number of aromatic nitrogens is 1. The molecule has 188 valence electrons. The van der Waals surface area contributed by atoms with Crippen LogP contribution in [0.1, 0.15) is 22.8 Å². The number of hydrogen-bond acceptors (Lipinski definition) is 6. The van der Waals surface area contributed by atoms with Gasteiger partial charge in [0.15, 0.2) is 0 Å². The van der Waals surface area contributed by atoms with E-state index >= 15 is 0 Å². The number of H-pyrrole nitrogens is 1. The van der Waals surface area contributed by atoms with E-state index in [4.69, 9.17) is 25.5 Å². The van der Waals surface area contributed by atoms with E-state index in [-0.39, 0.29) is 0 Å². The molecule has 7 heteroatoms. The van der Waals surface area contributed by atoms with Gasteiger partial charge in [0.05, 0.1) is 31.0 Å². The molecule has 5 rings (SSSR count). The number of fused-ring (bicyclic) bond motifs is 5. The molecule has 0 saturated heterocycles. The third kappa shape index (κ3) is 4.48. The number of likely N-dealkylation sites (N-methyl/N-ethyl adjacent to an activating group) is 1. The summed E-state index contributed by atoms with van der Waals surface area (Å²) in [5.74, 6) is 4.83. The van der Waals surface area contributed by atoms with E-state index in [0.29, 0.717) is 23.8 Å². The van der Waals surface area contributed by atoms with Crippen LogP contribution in [0.2, 0.25) is 0 Å². The van der Waals surface area contributed by atoms with Crippen LogP contribution >= 0.6 is 0 Å². The van der Waals surface area contributed by atoms with Gasteiger partial charge in [-0.25, -0.2) is 0 Å². The molecular weight excluding hydrogens is 466 g/mol. The molecule has 1 unspecified atom stereocenters. The summed E-state index contributed by atoms with van der Waals surface area (Å²) in [4.78, 5) is 11.6. The van der Waals surface area contributed by atoms with Crippen LogP contribution in [0.5, 0.6) is 17.2 Å². The van der Waals surface area contributed by atoms with E-state index in [2.05, 4.69) is 21.0 Å². The van der Waals surface area contributed by atoms with Gasteiger partial charge in [0.2, 0.25) is 6.10 Å². The van der Waals surface area contributed by atoms with E-state index in [1.807, 2.05) is 74.8 Å². The molecule has 3 aromatic carbocycles. The lowest BCUT2D eigenvalue weighted by Gasteiger charge is -2.14. The van der Waals surface area contributed by atoms with Gasteiger partial charge in [-0.3, -0.25) is 0 Å². The Morgan fingerprint density at radius 1 is 0.946 bits per heavy atom. The van der Waals surface area contributed by atoms with Gasteiger partial charge in [0, 0.05) is 28.6 Å². The van der Waals surface area contributed by atoms with Gasteiger partial charge in [-0.05, 0) is 44.4 Å². The Labute approximate surface area is 216 Å². The van der Waals surface area contributed by atoms with Crippen LogP contribution in [-0.4, -0.2) is 57.1 Å². The smallest absolute Gasteiger partial charge is 0.212 e. The predicted octanol–water partition coefficient (Wildman–Crippen LogP) is 5.25. The van der Waals surface area contributed by atoms with Crippen LogP contribution in [0.25, 0.3) is 22.2 Å². The minimum Gasteiger partial charge on any atom is -0.496 e. The van der Waals surface area contributed by atoms with Crippen molar-refractivity contribution in [1.82, 2.24) is 9.88 Å². The highest BCUT2D eigenvalue weighted by Gasteiger charge is 2.36. The second-order valence-corrected chi connectivity index (χ2v) is 8.96. The fourth-order valence-corrected chi connectivity index (χ4v) is 4.57. The second-order valence-electron chi connectivity index (χ2n) is 8.96. The fraction of sp³-hybridized carbons (Fsp3) is 0.233. The zero-order valence-corrected chi connectivity index (χ0v) is 21.4. The number of nitrogens with one attached hydrogen (secondary N) is 1. The summed E-state index contributed by atoms with van der Waals surface area (Å²) < 4.78 is 17.5. The molecule has 1 aliphatic carbocycles. The molecule has 0 amide bonds. The Bertz CT molecular complexity index is 1500. The number of nitrogens with zero attached hydrogens (tertiary/aromatic N) is 2. The lowest BCUT2D eigenvalue weighted by atomic mass is 10.0. The molecule has 1 heterocycles. The molecule has 4 aromatic rings. The van der Waals surface area contributed by atoms with E-state index in [1.165, 1.54) is 0 Å². The topological polar surface area (TPSA) is 68.3 Å². The van der Waals surface area contributed by atoms with Crippen molar-refractivity contribution in [3.8, 4) is 40.8 Å². The van der Waals surface area contributed by atoms with Crippen molar-refractivity contribution in [3.05, 3.63) is 77.4 Å². The van der Waals surface area contributed by atoms with Crippen molar-refractivity contribution in [2.75, 3.05) is 41.5 Å². The summed E-state index contributed by atoms with van der Waals surface area (Å²) in [6, 6.07) is 19.4. The zero-order chi connectivity index (χ0) is 25.9. The van der Waals surface area contributed by atoms with Crippen LogP contribution in [0, 0.1) is 12.3 Å². The van der Waals surface area contributed by atoms with E-state index < -0.39 is 6.10 Å². The van der Waals surface area contributed by atoms with Crippen molar-refractivity contribution in [3.63, 3.8) is 0 Å². The van der Waals surface area contributed by atoms with E-state index in [0.717, 1.165) is 51.1 Å². The van der Waals surface area contributed by atoms with Crippen molar-refractivity contribution in [1.29, 1.82) is 0 Å². The number of methoxy groups -OCH3 is 2. The fourth-order valence-electron chi connectivity index (χ4n) is 4.57. The molecule has 1 aliphatic rings. The van der Waals surface area contributed by atoms with Gasteiger partial charge < -0.3 is 28.9 Å². The molecule has 0 aliphatic heterocycles. The van der Waals surface area contributed by atoms with Gasteiger partial charge >= 0.3 is 0 Å². The van der Waals surface area contributed by atoms with Gasteiger partial charge in [0.1, 0.15) is 29.6 Å². The number of hydrogen-bond donors (Lipinski definition) is 1. The normalized spacial score (nSPS) is 13.8. The van der Waals surface area contributed by atoms with E-state index in [1.54, 1.807) is 14.2 Å². The molecule has 1 aromatic heterocycles. The third-order valence-corrected chi connectivity index (χ3v) is 6.37. The maximum Gasteiger partial charge on any atom is 0.212 e. The lowest BCUT2D eigenvalue weighted by Crippen LogP contribution is -2.19. The summed E-state index contributed by atoms with van der Waals surface area (Å²) >= 11 is 0. The Hall–Kier alpha value is -4.41. The Balaban J connectivity index is 1.65. The van der Waals surface area contributed by atoms with Crippen molar-refractivity contribution in [2.24, 2.45) is 5.16 Å². The monoisotopic (exact) mass is 495 g/mol. The molecule has 0 spiro atoms. The summed E-state index contributed by atoms with van der Waals surface area (Å²) in [5, 5.41) is 5.60. The first kappa shape index (κ1) is 24.3. The SMILES string of the molecule is C#CC(ON=C1c2c(OC)ccc(OC)c2-c2[nH]c3ccc(OCCN(C)C)cc3c21)c1ccccc1. The van der Waals surface area contributed by atoms with E-state index in [9.17, 15) is 0 Å². The molecular formula is C30H29N3O4. The zero-order valence-electron chi connectivity index (χ0n) is 21.4. The van der Waals surface area contributed by atoms with Gasteiger partial charge in [0.25, 0.3) is 0 Å². The molecule has 7 nitrogen and oxygen atoms in total. The standard InChI is InChI=1S/C30H29N3O4/c1-6-23(19-10-8-7-9-11-19)37-32-30-26-21-18-20(36-17-16-33(2)3)12-13-22(21)31-29(26)27-24(34-4)14-15-25(35-5)28(27)30/h1,7-15,18,23,31H,16-17H2,2-5H3. The first-order chi connectivity index (χ1) is 18.0. The van der Waals surface area contributed by atoms with Crippen LogP contribution in [-0.2, 0) is 4.84 Å². The molecule has 0 radical (unpaired) electrons. The summed E-state index contributed by atoms with van der Waals surface area (Å²) in [6.45, 7) is 1.40. The Morgan fingerprint density at radius 3 is 2.35 bits per heavy atom. The van der Waals surface area contributed by atoms with Crippen molar-refractivity contribution >= 4 is 16.6 Å². The number of benzene rings is 3. The highest BCUT2D eigenvalue weighted by molar-refractivity contribution is 6.31. The average Bonchev–Trinajstić information content (AvgIpc) is 3.44. The second kappa shape index (κ2) is 10.3. The molecule has 0 saturated carbocycles. The largest absolute Gasteiger partial charge is 0.496 e. The summed E-state index contributed by atoms with van der Waals surface area (Å²) in [7, 11) is 7.32. The van der Waals surface area contributed by atoms with Crippen LogP contribution in [0.3, 0.4) is 0 Å². The van der Waals surface area contributed by atoms with Crippen LogP contribution < -0.4 is 14.2 Å². The summed E-state index contributed by atoms with van der Waals surface area (Å²) in [6.07, 6.45) is 5.18. The van der Waals surface area contributed by atoms with Crippen molar-refractivity contribution < 1.29 is 19.0 Å². The minimum absolute atomic E-state index is 0.581. The number of terminal acetylenes is 1. The first-order valence-electron chi connectivity index (χ1n) is 12.0. The van der Waals surface area contributed by atoms with Gasteiger partial charge in [-0.15, -0.1) is 6.42 Å². The number of aromatic amines is 1. The molecule has 37 heavy (non-hydrogen) atoms. The van der Waals surface area contributed by atoms with Crippen LogP contribution in [0.4, 0.5) is 0 Å². The number of oxime groups is 1. The Kier molecular flexibility index (Phi) is 6.76. The quantitative estimate of drug-likeness (QED) is 0.224. The summed E-state index contributed by atoms with van der Waals surface area (Å²) in [5.41, 5.74) is 5.83. The highest BCUT2D eigenvalue weighted by Crippen LogP contribution is 2.49. The minimum atomic E-state index is -0.645. The Morgan fingerprint density at radius 2 is 1.68 bits per heavy atom. The van der Waals surface area contributed by atoms with Crippen molar-refractivity contribution in [2.45, 2.75) is 6.10 Å². The molecule has 1 atom stereocenters. The maximum atomic E-state index is 6.03. The maximum absolute atomic E-state index is 6.03.